The van der Waals surface area contributed by atoms with Gasteiger partial charge in [-0.15, -0.1) is 0 Å². The Labute approximate surface area is 208 Å². The summed E-state index contributed by atoms with van der Waals surface area (Å²) in [6.07, 6.45) is -10.0. The highest BCUT2D eigenvalue weighted by molar-refractivity contribution is 6.43. The van der Waals surface area contributed by atoms with E-state index in [2.05, 4.69) is 4.98 Å². The van der Waals surface area contributed by atoms with Crippen molar-refractivity contribution >= 4 is 46.5 Å². The van der Waals surface area contributed by atoms with Gasteiger partial charge in [0, 0.05) is 16.4 Å². The number of halogens is 5. The minimum absolute atomic E-state index is 0.0565. The van der Waals surface area contributed by atoms with E-state index in [4.69, 9.17) is 34.8 Å². The van der Waals surface area contributed by atoms with Gasteiger partial charge in [-0.25, -0.2) is 4.98 Å². The number of aliphatic hydroxyl groups is 2. The van der Waals surface area contributed by atoms with Gasteiger partial charge in [-0.2, -0.15) is 13.2 Å². The first-order chi connectivity index (χ1) is 17.8. The van der Waals surface area contributed by atoms with E-state index in [0.717, 1.165) is 4.90 Å². The Balaban J connectivity index is 1.87. The van der Waals surface area contributed by atoms with Gasteiger partial charge in [0.2, 0.25) is 0 Å². The highest BCUT2D eigenvalue weighted by atomic mass is 35.5. The fourth-order valence-corrected chi connectivity index (χ4v) is 4.03. The number of carbonyl (C=O) groups is 2. The number of pyridine rings is 1. The molecule has 1 fully saturated rings. The first-order valence-corrected chi connectivity index (χ1v) is 10.4. The van der Waals surface area contributed by atoms with Crippen LogP contribution in [0.5, 0.6) is 5.75 Å². The first kappa shape index (κ1) is 18.7. The monoisotopic (exact) mass is 524 g/mol. The number of fused-ring (bicyclic) bond motifs is 1. The van der Waals surface area contributed by atoms with Gasteiger partial charge in [-0.05, 0) is 37.5 Å². The van der Waals surface area contributed by atoms with Crippen LogP contribution in [-0.2, 0) is 15.8 Å². The second kappa shape index (κ2) is 8.88. The van der Waals surface area contributed by atoms with Crippen LogP contribution < -0.4 is 14.5 Å². The van der Waals surface area contributed by atoms with Crippen LogP contribution in [0.3, 0.4) is 0 Å². The molecule has 3 heterocycles. The quantitative estimate of drug-likeness (QED) is 0.626. The summed E-state index contributed by atoms with van der Waals surface area (Å²) < 4.78 is 84.7. The zero-order chi connectivity index (χ0) is 29.2. The lowest BCUT2D eigenvalue weighted by Crippen LogP contribution is -2.51. The maximum Gasteiger partial charge on any atom is 0.416 e. The van der Waals surface area contributed by atoms with Crippen molar-refractivity contribution in [1.29, 1.82) is 0 Å². The predicted molar refractivity (Wildman–Crippen MR) is 116 cm³/mol. The lowest BCUT2D eigenvalue weighted by atomic mass is 10.1. The lowest BCUT2D eigenvalue weighted by Gasteiger charge is -2.31. The molecule has 0 aliphatic carbocycles. The molecule has 0 bridgehead atoms. The number of hydrogen-bond donors (Lipinski definition) is 2. The molecule has 2 N–H and O–H groups in total. The van der Waals surface area contributed by atoms with Crippen LogP contribution >= 0.6 is 23.2 Å². The van der Waals surface area contributed by atoms with Crippen LogP contribution in [0.4, 0.5) is 24.7 Å². The maximum atomic E-state index is 13.8. The third-order valence-corrected chi connectivity index (χ3v) is 6.04. The lowest BCUT2D eigenvalue weighted by molar-refractivity contribution is -0.137. The molecule has 8 nitrogen and oxygen atoms in total. The van der Waals surface area contributed by atoms with E-state index < -0.39 is 79.7 Å². The number of benzene rings is 1. The molecule has 34 heavy (non-hydrogen) atoms. The number of alkyl halides is 3. The molecule has 0 spiro atoms. The fraction of sp³-hybridized carbons (Fsp3) is 0.381. The van der Waals surface area contributed by atoms with E-state index in [1.54, 1.807) is 0 Å². The number of nitrogens with zero attached hydrogens (tertiary/aromatic N) is 3. The number of rotatable bonds is 2. The molecule has 1 saturated heterocycles. The Kier molecular flexibility index (Phi) is 4.88. The molecule has 0 radical (unpaired) electrons. The third kappa shape index (κ3) is 4.17. The summed E-state index contributed by atoms with van der Waals surface area (Å²) in [4.78, 5) is 31.5. The minimum atomic E-state index is -5.08. The molecule has 4 rings (SSSR count). The molecular weight excluding hydrogens is 502 g/mol. The van der Waals surface area contributed by atoms with Crippen LogP contribution in [0.15, 0.2) is 24.3 Å². The van der Waals surface area contributed by atoms with Crippen molar-refractivity contribution in [3.8, 4) is 5.75 Å². The Bertz CT molecular complexity index is 1320. The van der Waals surface area contributed by atoms with Gasteiger partial charge in [-0.1, -0.05) is 23.2 Å². The van der Waals surface area contributed by atoms with Crippen molar-refractivity contribution in [3.05, 3.63) is 45.6 Å². The van der Waals surface area contributed by atoms with E-state index >= 15 is 0 Å². The fourth-order valence-electron chi connectivity index (χ4n) is 3.69. The normalized spacial score (nSPS) is 27.0. The van der Waals surface area contributed by atoms with Crippen LogP contribution in [-0.4, -0.2) is 58.4 Å². The van der Waals surface area contributed by atoms with Crippen LogP contribution in [0.2, 0.25) is 10.0 Å². The summed E-state index contributed by atoms with van der Waals surface area (Å²) in [6.45, 7) is -5.94. The predicted octanol–water partition coefficient (Wildman–Crippen LogP) is 2.97. The van der Waals surface area contributed by atoms with Crippen molar-refractivity contribution in [2.24, 2.45) is 0 Å². The van der Waals surface area contributed by atoms with Crippen molar-refractivity contribution in [1.82, 2.24) is 4.98 Å². The van der Waals surface area contributed by atoms with Crippen molar-refractivity contribution in [2.45, 2.75) is 37.7 Å². The summed E-state index contributed by atoms with van der Waals surface area (Å²) in [6, 6.07) is 0.970. The van der Waals surface area contributed by atoms with Crippen LogP contribution in [0, 0.1) is 6.85 Å². The molecule has 2 amide bonds. The van der Waals surface area contributed by atoms with E-state index in [1.807, 2.05) is 0 Å². The summed E-state index contributed by atoms with van der Waals surface area (Å²) in [7, 11) is 0. The van der Waals surface area contributed by atoms with Crippen LogP contribution in [0.25, 0.3) is 0 Å². The Hall–Kier alpha value is -2.60. The molecule has 1 aromatic carbocycles. The van der Waals surface area contributed by atoms with Gasteiger partial charge in [0.1, 0.15) is 23.0 Å². The highest BCUT2D eigenvalue weighted by Gasteiger charge is 2.53. The summed E-state index contributed by atoms with van der Waals surface area (Å²) in [5.41, 5.74) is -2.70. The van der Waals surface area contributed by atoms with Gasteiger partial charge in [0.25, 0.3) is 11.8 Å². The van der Waals surface area contributed by atoms with Crippen LogP contribution in [0.1, 0.15) is 24.5 Å². The van der Waals surface area contributed by atoms with E-state index in [0.29, 0.717) is 11.0 Å². The number of carbonyl (C=O) groups excluding carboxylic acids is 2. The number of amides is 2. The Morgan fingerprint density at radius 3 is 2.74 bits per heavy atom. The Morgan fingerprint density at radius 1 is 1.32 bits per heavy atom. The molecule has 1 aromatic heterocycles. The van der Waals surface area contributed by atoms with Gasteiger partial charge in [0.15, 0.2) is 11.9 Å². The average molecular weight is 525 g/mol. The first-order valence-electron chi connectivity index (χ1n) is 12.1. The topological polar surface area (TPSA) is 103 Å². The number of aliphatic hydroxyl groups excluding tert-OH is 2. The number of ether oxygens (including phenoxy) is 1. The molecule has 182 valence electrons. The molecule has 13 heteroatoms. The zero-order valence-corrected chi connectivity index (χ0v) is 18.3. The molecule has 2 aromatic rings. The van der Waals surface area contributed by atoms with E-state index in [1.165, 1.54) is 12.1 Å². The molecule has 3 atom stereocenters. The summed E-state index contributed by atoms with van der Waals surface area (Å²) in [5.74, 6) is -3.90. The molecule has 2 aliphatic rings. The average Bonchev–Trinajstić information content (AvgIpc) is 2.95. The highest BCUT2D eigenvalue weighted by Crippen LogP contribution is 2.43. The molecule has 2 aliphatic heterocycles. The van der Waals surface area contributed by atoms with Crippen molar-refractivity contribution < 1.29 is 44.6 Å². The number of hydrogen-bond acceptors (Lipinski definition) is 6. The largest absolute Gasteiger partial charge is 0.490 e. The van der Waals surface area contributed by atoms with E-state index in [9.17, 15) is 33.0 Å². The van der Waals surface area contributed by atoms with Crippen molar-refractivity contribution in [2.75, 3.05) is 22.9 Å². The number of anilines is 2. The number of aromatic nitrogens is 1. The van der Waals surface area contributed by atoms with Gasteiger partial charge in [-0.3, -0.25) is 14.5 Å². The molecule has 0 saturated carbocycles. The smallest absolute Gasteiger partial charge is 0.416 e. The molecule has 0 unspecified atom stereocenters. The summed E-state index contributed by atoms with van der Waals surface area (Å²) >= 11 is 12.2. The second-order valence-corrected chi connectivity index (χ2v) is 8.17. The zero-order valence-electron chi connectivity index (χ0n) is 21.8. The summed E-state index contributed by atoms with van der Waals surface area (Å²) in [5, 5.41) is 20.6. The van der Waals surface area contributed by atoms with Gasteiger partial charge in [0.05, 0.1) is 25.6 Å². The van der Waals surface area contributed by atoms with Gasteiger partial charge < -0.3 is 19.8 Å². The maximum absolute atomic E-state index is 13.8. The third-order valence-electron chi connectivity index (χ3n) is 5.25. The standard InChI is InChI=1S/C21H18Cl2F3N3O5/c1-9-7-10(21(24,25)26)8-13(27-9)29-15(16(30)17(31)20(29)33)19(32)28-5-2-6-34-18-12(28)4-3-11(22)14(18)23/h3-4,7-8,15-17,30-31H,2,5-6H2,1H3/t15-,16-,17-/m0/s1/i1D3,6D2. The minimum Gasteiger partial charge on any atom is -0.490 e. The second-order valence-electron chi connectivity index (χ2n) is 7.38. The Morgan fingerprint density at radius 2 is 2.06 bits per heavy atom. The SMILES string of the molecule is [2H]C1([2H])CCN(C(=O)[C@@H]2[C@H](O)[C@H](O)C(=O)N2c2cc(C(F)(F)F)cc(C([2H])([2H])[2H])n2)c2ccc(Cl)c(Cl)c2O1. The van der Waals surface area contributed by atoms with E-state index in [-0.39, 0.29) is 27.5 Å². The number of aryl methyl sites for hydroxylation is 1. The molecular formula is C21H18Cl2F3N3O5. The van der Waals surface area contributed by atoms with Crippen molar-refractivity contribution in [3.63, 3.8) is 0 Å². The van der Waals surface area contributed by atoms with Gasteiger partial charge >= 0.3 is 6.18 Å².